The van der Waals surface area contributed by atoms with Gasteiger partial charge in [0, 0.05) is 23.8 Å². The number of benzene rings is 2. The Morgan fingerprint density at radius 2 is 1.77 bits per heavy atom. The van der Waals surface area contributed by atoms with Crippen molar-refractivity contribution in [1.29, 1.82) is 0 Å². The van der Waals surface area contributed by atoms with E-state index in [2.05, 4.69) is 23.2 Å². The lowest BCUT2D eigenvalue weighted by molar-refractivity contribution is 0.488. The SMILES string of the molecule is Cc1cc(C)cc(-n2ccnc2SCCS(=O)(=O)Oc2ccccc2)c1. The van der Waals surface area contributed by atoms with Crippen molar-refractivity contribution in [2.24, 2.45) is 0 Å². The second-order valence-electron chi connectivity index (χ2n) is 5.93. The predicted molar refractivity (Wildman–Crippen MR) is 105 cm³/mol. The highest BCUT2D eigenvalue weighted by Gasteiger charge is 2.14. The van der Waals surface area contributed by atoms with E-state index in [1.165, 1.54) is 22.9 Å². The maximum absolute atomic E-state index is 12.1. The quantitative estimate of drug-likeness (QED) is 0.452. The molecule has 0 fully saturated rings. The molecule has 0 amide bonds. The first-order valence-corrected chi connectivity index (χ1v) is 10.7. The molecule has 0 aliphatic heterocycles. The zero-order valence-corrected chi connectivity index (χ0v) is 16.3. The van der Waals surface area contributed by atoms with E-state index in [0.29, 0.717) is 11.5 Å². The molecule has 1 aromatic heterocycles. The Morgan fingerprint density at radius 3 is 2.46 bits per heavy atom. The molecule has 0 aliphatic rings. The predicted octanol–water partition coefficient (Wildman–Crippen LogP) is 3.99. The van der Waals surface area contributed by atoms with Crippen LogP contribution in [0.2, 0.25) is 0 Å². The van der Waals surface area contributed by atoms with Crippen molar-refractivity contribution in [3.8, 4) is 11.4 Å². The summed E-state index contributed by atoms with van der Waals surface area (Å²) in [4.78, 5) is 4.35. The second-order valence-corrected chi connectivity index (χ2v) is 8.68. The van der Waals surface area contributed by atoms with Gasteiger partial charge < -0.3 is 4.18 Å². The standard InChI is InChI=1S/C19H20N2O3S2/c1-15-12-16(2)14-17(13-15)21-9-8-20-19(21)25-10-11-26(22,23)24-18-6-4-3-5-7-18/h3-9,12-14H,10-11H2,1-2H3. The molecule has 3 aromatic rings. The van der Waals surface area contributed by atoms with E-state index >= 15 is 0 Å². The van der Waals surface area contributed by atoms with Crippen molar-refractivity contribution in [3.05, 3.63) is 72.1 Å². The fourth-order valence-corrected chi connectivity index (χ4v) is 4.84. The third-order valence-electron chi connectivity index (χ3n) is 3.62. The van der Waals surface area contributed by atoms with Gasteiger partial charge in [0.25, 0.3) is 0 Å². The average Bonchev–Trinajstić information content (AvgIpc) is 3.03. The molecular formula is C19H20N2O3S2. The zero-order chi connectivity index (χ0) is 18.6. The van der Waals surface area contributed by atoms with E-state index in [-0.39, 0.29) is 5.75 Å². The van der Waals surface area contributed by atoms with Crippen molar-refractivity contribution < 1.29 is 12.6 Å². The van der Waals surface area contributed by atoms with Crippen molar-refractivity contribution in [3.63, 3.8) is 0 Å². The lowest BCUT2D eigenvalue weighted by atomic mass is 10.1. The first kappa shape index (κ1) is 18.5. The molecule has 0 radical (unpaired) electrons. The molecule has 5 nitrogen and oxygen atoms in total. The summed E-state index contributed by atoms with van der Waals surface area (Å²) in [5.74, 6) is 0.595. The molecule has 0 bridgehead atoms. The van der Waals surface area contributed by atoms with Crippen LogP contribution in [0.25, 0.3) is 5.69 Å². The van der Waals surface area contributed by atoms with Gasteiger partial charge in [-0.2, -0.15) is 8.42 Å². The fourth-order valence-electron chi connectivity index (χ4n) is 2.58. The van der Waals surface area contributed by atoms with Crippen LogP contribution in [0.1, 0.15) is 11.1 Å². The number of para-hydroxylation sites is 1. The van der Waals surface area contributed by atoms with E-state index in [0.717, 1.165) is 10.8 Å². The lowest BCUT2D eigenvalue weighted by Gasteiger charge is -2.10. The lowest BCUT2D eigenvalue weighted by Crippen LogP contribution is -2.15. The zero-order valence-electron chi connectivity index (χ0n) is 14.6. The molecule has 0 saturated carbocycles. The number of rotatable bonds is 7. The van der Waals surface area contributed by atoms with Gasteiger partial charge in [0.2, 0.25) is 0 Å². The molecular weight excluding hydrogens is 368 g/mol. The molecule has 3 rings (SSSR count). The van der Waals surface area contributed by atoms with Crippen LogP contribution < -0.4 is 4.18 Å². The number of aromatic nitrogens is 2. The third-order valence-corrected chi connectivity index (χ3v) is 6.00. The highest BCUT2D eigenvalue weighted by atomic mass is 32.2. The summed E-state index contributed by atoms with van der Waals surface area (Å²) >= 11 is 1.39. The number of hydrogen-bond acceptors (Lipinski definition) is 5. The Labute approximate surface area is 158 Å². The fraction of sp³-hybridized carbons (Fsp3) is 0.211. The van der Waals surface area contributed by atoms with Gasteiger partial charge in [0.05, 0.1) is 5.75 Å². The number of hydrogen-bond donors (Lipinski definition) is 0. The topological polar surface area (TPSA) is 61.2 Å². The maximum atomic E-state index is 12.1. The largest absolute Gasteiger partial charge is 0.382 e. The molecule has 136 valence electrons. The van der Waals surface area contributed by atoms with Crippen LogP contribution in [0.5, 0.6) is 5.75 Å². The minimum Gasteiger partial charge on any atom is -0.382 e. The third kappa shape index (κ3) is 4.89. The van der Waals surface area contributed by atoms with Crippen molar-refractivity contribution >= 4 is 21.9 Å². The van der Waals surface area contributed by atoms with Crippen LogP contribution >= 0.6 is 11.8 Å². The number of nitrogens with zero attached hydrogens (tertiary/aromatic N) is 2. The number of aryl methyl sites for hydroxylation is 2. The molecule has 0 N–H and O–H groups in total. The molecule has 7 heteroatoms. The Bertz CT molecular complexity index is 963. The van der Waals surface area contributed by atoms with Crippen molar-refractivity contribution in [2.75, 3.05) is 11.5 Å². The Balaban J connectivity index is 1.65. The Kier molecular flexibility index (Phi) is 5.68. The van der Waals surface area contributed by atoms with Gasteiger partial charge in [0.1, 0.15) is 5.75 Å². The van der Waals surface area contributed by atoms with E-state index in [9.17, 15) is 8.42 Å². The van der Waals surface area contributed by atoms with Crippen LogP contribution in [0.15, 0.2) is 66.1 Å². The van der Waals surface area contributed by atoms with E-state index in [4.69, 9.17) is 4.18 Å². The Hall–Kier alpha value is -2.25. The van der Waals surface area contributed by atoms with Gasteiger partial charge in [-0.1, -0.05) is 36.0 Å². The normalized spacial score (nSPS) is 11.5. The minimum absolute atomic E-state index is 0.0910. The first-order valence-electron chi connectivity index (χ1n) is 8.15. The summed E-state index contributed by atoms with van der Waals surface area (Å²) in [6.07, 6.45) is 3.60. The summed E-state index contributed by atoms with van der Waals surface area (Å²) in [7, 11) is -3.64. The van der Waals surface area contributed by atoms with Gasteiger partial charge >= 0.3 is 10.1 Å². The van der Waals surface area contributed by atoms with Gasteiger partial charge in [-0.25, -0.2) is 4.98 Å². The van der Waals surface area contributed by atoms with Gasteiger partial charge in [0.15, 0.2) is 5.16 Å². The molecule has 0 unspecified atom stereocenters. The summed E-state index contributed by atoms with van der Waals surface area (Å²) in [6.45, 7) is 4.10. The molecule has 2 aromatic carbocycles. The van der Waals surface area contributed by atoms with Crippen LogP contribution in [-0.2, 0) is 10.1 Å². The number of imidazole rings is 1. The number of thioether (sulfide) groups is 1. The molecule has 0 spiro atoms. The summed E-state index contributed by atoms with van der Waals surface area (Å²) in [5, 5.41) is 0.755. The first-order chi connectivity index (χ1) is 12.4. The van der Waals surface area contributed by atoms with Gasteiger partial charge in [-0.05, 0) is 49.2 Å². The van der Waals surface area contributed by atoms with E-state index in [1.54, 1.807) is 30.5 Å². The highest BCUT2D eigenvalue weighted by Crippen LogP contribution is 2.23. The average molecular weight is 389 g/mol. The van der Waals surface area contributed by atoms with Crippen molar-refractivity contribution in [2.45, 2.75) is 19.0 Å². The van der Waals surface area contributed by atoms with Crippen LogP contribution in [0.3, 0.4) is 0 Å². The van der Waals surface area contributed by atoms with Crippen molar-refractivity contribution in [1.82, 2.24) is 9.55 Å². The van der Waals surface area contributed by atoms with Crippen LogP contribution in [0, 0.1) is 13.8 Å². The highest BCUT2D eigenvalue weighted by molar-refractivity contribution is 8.00. The summed E-state index contributed by atoms with van der Waals surface area (Å²) in [5.41, 5.74) is 3.36. The van der Waals surface area contributed by atoms with Crippen LogP contribution in [0.4, 0.5) is 0 Å². The molecule has 26 heavy (non-hydrogen) atoms. The van der Waals surface area contributed by atoms with Gasteiger partial charge in [-0.3, -0.25) is 4.57 Å². The molecule has 0 saturated heterocycles. The Morgan fingerprint density at radius 1 is 1.08 bits per heavy atom. The maximum Gasteiger partial charge on any atom is 0.310 e. The van der Waals surface area contributed by atoms with E-state index < -0.39 is 10.1 Å². The second kappa shape index (κ2) is 7.97. The molecule has 0 aliphatic carbocycles. The smallest absolute Gasteiger partial charge is 0.310 e. The van der Waals surface area contributed by atoms with Crippen LogP contribution in [-0.4, -0.2) is 29.5 Å². The van der Waals surface area contributed by atoms with E-state index in [1.807, 2.05) is 30.7 Å². The van der Waals surface area contributed by atoms with Gasteiger partial charge in [-0.15, -0.1) is 0 Å². The minimum atomic E-state index is -3.64. The summed E-state index contributed by atoms with van der Waals surface area (Å²) < 4.78 is 31.3. The molecule has 0 atom stereocenters. The molecule has 1 heterocycles. The monoisotopic (exact) mass is 388 g/mol. The summed E-state index contributed by atoms with van der Waals surface area (Å²) in [6, 6.07) is 14.8.